The summed E-state index contributed by atoms with van der Waals surface area (Å²) < 4.78 is 0. The summed E-state index contributed by atoms with van der Waals surface area (Å²) in [7, 11) is 0. The van der Waals surface area contributed by atoms with Gasteiger partial charge in [0, 0.05) is 5.39 Å². The molecule has 1 heterocycles. The number of hydrogen-bond donors (Lipinski definition) is 1. The molecule has 4 heteroatoms. The Morgan fingerprint density at radius 2 is 2.20 bits per heavy atom. The monoisotopic (exact) mass is 221 g/mol. The summed E-state index contributed by atoms with van der Waals surface area (Å²) in [5.41, 5.74) is 1.69. The molecule has 0 spiro atoms. The Bertz CT molecular complexity index is 552. The summed E-state index contributed by atoms with van der Waals surface area (Å²) in [5, 5.41) is 10.5. The van der Waals surface area contributed by atoms with Crippen LogP contribution >= 0.6 is 11.6 Å². The lowest BCUT2D eigenvalue weighted by Gasteiger charge is -2.06. The van der Waals surface area contributed by atoms with Crippen molar-refractivity contribution in [3.8, 4) is 5.75 Å². The van der Waals surface area contributed by atoms with E-state index in [1.165, 1.54) is 6.07 Å². The van der Waals surface area contributed by atoms with E-state index in [1.54, 1.807) is 12.1 Å². The molecule has 0 radical (unpaired) electrons. The zero-order chi connectivity index (χ0) is 11.0. The van der Waals surface area contributed by atoms with Crippen LogP contribution in [0, 0.1) is 6.92 Å². The van der Waals surface area contributed by atoms with Gasteiger partial charge in [-0.15, -0.1) is 0 Å². The second-order valence-corrected chi connectivity index (χ2v) is 3.66. The summed E-state index contributed by atoms with van der Waals surface area (Å²) in [6.45, 7) is 1.82. The molecule has 1 aromatic heterocycles. The molecule has 0 unspecified atom stereocenters. The van der Waals surface area contributed by atoms with Gasteiger partial charge in [0.05, 0.1) is 11.1 Å². The Balaban J connectivity index is 2.97. The standard InChI is InChI=1S/C11H8ClNO2/c1-6-4-10(12)13-8-2-3-9(15)7(5-14)11(6)8/h2-5,15H,1H3. The van der Waals surface area contributed by atoms with Crippen LogP contribution in [0.5, 0.6) is 5.75 Å². The highest BCUT2D eigenvalue weighted by atomic mass is 35.5. The third-order valence-corrected chi connectivity index (χ3v) is 2.47. The van der Waals surface area contributed by atoms with Crippen LogP contribution in [0.2, 0.25) is 5.15 Å². The van der Waals surface area contributed by atoms with Crippen LogP contribution in [0.25, 0.3) is 10.9 Å². The van der Waals surface area contributed by atoms with Gasteiger partial charge in [-0.25, -0.2) is 4.98 Å². The quantitative estimate of drug-likeness (QED) is 0.595. The van der Waals surface area contributed by atoms with Crippen LogP contribution in [0.4, 0.5) is 0 Å². The van der Waals surface area contributed by atoms with Crippen LogP contribution in [-0.2, 0) is 0 Å². The number of fused-ring (bicyclic) bond motifs is 1. The fourth-order valence-corrected chi connectivity index (χ4v) is 1.88. The molecule has 0 saturated heterocycles. The SMILES string of the molecule is Cc1cc(Cl)nc2ccc(O)c(C=O)c12. The van der Waals surface area contributed by atoms with Crippen LogP contribution in [0.3, 0.4) is 0 Å². The lowest BCUT2D eigenvalue weighted by atomic mass is 10.0. The van der Waals surface area contributed by atoms with Gasteiger partial charge in [0.25, 0.3) is 0 Å². The summed E-state index contributed by atoms with van der Waals surface area (Å²) >= 11 is 5.80. The number of aryl methyl sites for hydroxylation is 1. The van der Waals surface area contributed by atoms with Crippen molar-refractivity contribution in [2.75, 3.05) is 0 Å². The first-order chi connectivity index (χ1) is 7.13. The predicted octanol–water partition coefficient (Wildman–Crippen LogP) is 2.71. The maximum atomic E-state index is 10.9. The number of carbonyl (C=O) groups is 1. The van der Waals surface area contributed by atoms with Gasteiger partial charge in [-0.2, -0.15) is 0 Å². The van der Waals surface area contributed by atoms with Crippen molar-refractivity contribution in [3.05, 3.63) is 34.5 Å². The molecule has 1 aromatic carbocycles. The first kappa shape index (κ1) is 9.93. The van der Waals surface area contributed by atoms with Crippen molar-refractivity contribution >= 4 is 28.8 Å². The minimum absolute atomic E-state index is 0.0373. The highest BCUT2D eigenvalue weighted by Crippen LogP contribution is 2.28. The summed E-state index contributed by atoms with van der Waals surface area (Å²) in [4.78, 5) is 14.9. The largest absolute Gasteiger partial charge is 0.507 e. The Kier molecular flexibility index (Phi) is 2.32. The van der Waals surface area contributed by atoms with Gasteiger partial charge in [0.2, 0.25) is 0 Å². The highest BCUT2D eigenvalue weighted by Gasteiger charge is 2.10. The number of aldehydes is 1. The average molecular weight is 222 g/mol. The van der Waals surface area contributed by atoms with Gasteiger partial charge in [0.15, 0.2) is 6.29 Å². The number of nitrogens with zero attached hydrogens (tertiary/aromatic N) is 1. The zero-order valence-electron chi connectivity index (χ0n) is 7.99. The molecule has 0 atom stereocenters. The van der Waals surface area contributed by atoms with E-state index in [2.05, 4.69) is 4.98 Å². The smallest absolute Gasteiger partial charge is 0.154 e. The van der Waals surface area contributed by atoms with E-state index in [0.29, 0.717) is 22.3 Å². The molecular weight excluding hydrogens is 214 g/mol. The normalized spacial score (nSPS) is 10.5. The number of benzene rings is 1. The lowest BCUT2D eigenvalue weighted by Crippen LogP contribution is -1.91. The predicted molar refractivity (Wildman–Crippen MR) is 58.5 cm³/mol. The summed E-state index contributed by atoms with van der Waals surface area (Å²) in [6, 6.07) is 4.74. The fraction of sp³-hybridized carbons (Fsp3) is 0.0909. The molecule has 0 aliphatic rings. The number of phenolic OH excluding ortho intramolecular Hbond substituents is 1. The van der Waals surface area contributed by atoms with E-state index in [9.17, 15) is 9.90 Å². The van der Waals surface area contributed by atoms with Crippen molar-refractivity contribution in [1.82, 2.24) is 4.98 Å². The number of carbonyl (C=O) groups excluding carboxylic acids is 1. The van der Waals surface area contributed by atoms with Gasteiger partial charge >= 0.3 is 0 Å². The fourth-order valence-electron chi connectivity index (χ4n) is 1.62. The molecule has 0 aliphatic heterocycles. The van der Waals surface area contributed by atoms with Gasteiger partial charge in [-0.3, -0.25) is 4.79 Å². The first-order valence-corrected chi connectivity index (χ1v) is 4.75. The number of aromatic hydroxyl groups is 1. The van der Waals surface area contributed by atoms with Crippen molar-refractivity contribution in [1.29, 1.82) is 0 Å². The number of phenols is 1. The Hall–Kier alpha value is -1.61. The molecule has 0 bridgehead atoms. The Morgan fingerprint density at radius 1 is 1.47 bits per heavy atom. The number of aromatic nitrogens is 1. The molecule has 0 saturated carbocycles. The minimum Gasteiger partial charge on any atom is -0.507 e. The van der Waals surface area contributed by atoms with E-state index in [4.69, 9.17) is 11.6 Å². The molecule has 0 fully saturated rings. The third-order valence-electron chi connectivity index (χ3n) is 2.28. The van der Waals surface area contributed by atoms with E-state index in [0.717, 1.165) is 5.56 Å². The molecule has 76 valence electrons. The molecule has 2 aromatic rings. The maximum absolute atomic E-state index is 10.9. The van der Waals surface area contributed by atoms with Crippen LogP contribution < -0.4 is 0 Å². The van der Waals surface area contributed by atoms with E-state index in [-0.39, 0.29) is 11.3 Å². The minimum atomic E-state index is -0.0373. The molecule has 0 aliphatic carbocycles. The van der Waals surface area contributed by atoms with Gasteiger partial charge in [0.1, 0.15) is 10.9 Å². The number of halogens is 1. The number of pyridine rings is 1. The van der Waals surface area contributed by atoms with Crippen molar-refractivity contribution < 1.29 is 9.90 Å². The van der Waals surface area contributed by atoms with Crippen LogP contribution in [0.1, 0.15) is 15.9 Å². The lowest BCUT2D eigenvalue weighted by molar-refractivity contribution is 0.112. The first-order valence-electron chi connectivity index (χ1n) is 4.37. The van der Waals surface area contributed by atoms with E-state index >= 15 is 0 Å². The van der Waals surface area contributed by atoms with E-state index < -0.39 is 0 Å². The molecule has 15 heavy (non-hydrogen) atoms. The third kappa shape index (κ3) is 1.55. The van der Waals surface area contributed by atoms with Gasteiger partial charge < -0.3 is 5.11 Å². The van der Waals surface area contributed by atoms with E-state index in [1.807, 2.05) is 6.92 Å². The second kappa shape index (κ2) is 3.51. The molecule has 1 N–H and O–H groups in total. The van der Waals surface area contributed by atoms with Gasteiger partial charge in [-0.05, 0) is 30.7 Å². The second-order valence-electron chi connectivity index (χ2n) is 3.27. The van der Waals surface area contributed by atoms with Crippen molar-refractivity contribution in [2.24, 2.45) is 0 Å². The van der Waals surface area contributed by atoms with Gasteiger partial charge in [-0.1, -0.05) is 11.6 Å². The molecule has 2 rings (SSSR count). The molecule has 3 nitrogen and oxygen atoms in total. The summed E-state index contributed by atoms with van der Waals surface area (Å²) in [5.74, 6) is -0.0373. The molecular formula is C11H8ClNO2. The maximum Gasteiger partial charge on any atom is 0.154 e. The van der Waals surface area contributed by atoms with Crippen molar-refractivity contribution in [2.45, 2.75) is 6.92 Å². The number of rotatable bonds is 1. The zero-order valence-corrected chi connectivity index (χ0v) is 8.75. The Morgan fingerprint density at radius 3 is 2.87 bits per heavy atom. The summed E-state index contributed by atoms with van der Waals surface area (Å²) in [6.07, 6.45) is 0.625. The van der Waals surface area contributed by atoms with Crippen molar-refractivity contribution in [3.63, 3.8) is 0 Å². The number of hydrogen-bond acceptors (Lipinski definition) is 3. The molecule has 0 amide bonds. The Labute approximate surface area is 91.3 Å². The topological polar surface area (TPSA) is 50.2 Å². The average Bonchev–Trinajstić information content (AvgIpc) is 2.18. The van der Waals surface area contributed by atoms with Crippen LogP contribution in [-0.4, -0.2) is 16.4 Å². The van der Waals surface area contributed by atoms with Crippen LogP contribution in [0.15, 0.2) is 18.2 Å². The highest BCUT2D eigenvalue weighted by molar-refractivity contribution is 6.30.